The first-order chi connectivity index (χ1) is 10.1. The normalized spacial score (nSPS) is 14.9. The molecule has 0 aromatic heterocycles. The van der Waals surface area contributed by atoms with Crippen LogP contribution in [0.4, 0.5) is 0 Å². The second-order valence-electron chi connectivity index (χ2n) is 5.28. The molecule has 0 radical (unpaired) electrons. The number of halogens is 1. The molecule has 1 N–H and O–H groups in total. The van der Waals surface area contributed by atoms with Crippen molar-refractivity contribution in [3.63, 3.8) is 0 Å². The van der Waals surface area contributed by atoms with Crippen molar-refractivity contribution >= 4 is 15.9 Å². The van der Waals surface area contributed by atoms with Crippen LogP contribution in [0.3, 0.4) is 0 Å². The van der Waals surface area contributed by atoms with Crippen LogP contribution in [0.1, 0.15) is 28.4 Å². The zero-order chi connectivity index (χ0) is 15.0. The first-order valence-electron chi connectivity index (χ1n) is 6.90. The molecule has 0 amide bonds. The molecule has 2 aromatic rings. The summed E-state index contributed by atoms with van der Waals surface area (Å²) in [5.74, 6) is 1.40. The van der Waals surface area contributed by atoms with Crippen molar-refractivity contribution in [1.29, 1.82) is 0 Å². The zero-order valence-corrected chi connectivity index (χ0v) is 13.6. The Bertz CT molecular complexity index is 682. The molecule has 3 nitrogen and oxygen atoms in total. The van der Waals surface area contributed by atoms with E-state index in [4.69, 9.17) is 9.47 Å². The number of fused-ring (bicyclic) bond motifs is 1. The fraction of sp³-hybridized carbons (Fsp3) is 0.294. The molecule has 21 heavy (non-hydrogen) atoms. The Morgan fingerprint density at radius 1 is 1.00 bits per heavy atom. The molecule has 0 saturated heterocycles. The smallest absolute Gasteiger partial charge is 0.162 e. The van der Waals surface area contributed by atoms with Crippen LogP contribution >= 0.6 is 15.9 Å². The van der Waals surface area contributed by atoms with Crippen LogP contribution in [0.2, 0.25) is 0 Å². The molecule has 1 heterocycles. The third-order valence-electron chi connectivity index (χ3n) is 3.68. The van der Waals surface area contributed by atoms with Gasteiger partial charge in [0, 0.05) is 10.0 Å². The zero-order valence-electron chi connectivity index (χ0n) is 12.0. The maximum absolute atomic E-state index is 10.7. The molecule has 110 valence electrons. The molecular formula is C17H17BrO3. The topological polar surface area (TPSA) is 38.7 Å². The summed E-state index contributed by atoms with van der Waals surface area (Å²) in [6.07, 6.45) is -0.698. The van der Waals surface area contributed by atoms with E-state index >= 15 is 0 Å². The minimum absolute atomic E-state index is 0.535. The molecule has 3 rings (SSSR count). The summed E-state index contributed by atoms with van der Waals surface area (Å²) in [6.45, 7) is 5.15. The number of hydrogen-bond acceptors (Lipinski definition) is 3. The van der Waals surface area contributed by atoms with E-state index in [9.17, 15) is 5.11 Å². The largest absolute Gasteiger partial charge is 0.486 e. The Morgan fingerprint density at radius 3 is 2.33 bits per heavy atom. The van der Waals surface area contributed by atoms with Crippen molar-refractivity contribution in [2.75, 3.05) is 13.2 Å². The van der Waals surface area contributed by atoms with Crippen LogP contribution in [0, 0.1) is 13.8 Å². The van der Waals surface area contributed by atoms with Crippen LogP contribution in [-0.2, 0) is 0 Å². The number of ether oxygens (including phenoxy) is 2. The Hall–Kier alpha value is -1.52. The monoisotopic (exact) mass is 348 g/mol. The standard InChI is InChI=1S/C17H17BrO3/c1-10-3-4-12(11(2)7-10)17(19)13-8-15-16(9-14(13)18)21-6-5-20-15/h3-4,7-9,17,19H,5-6H2,1-2H3. The molecular weight excluding hydrogens is 332 g/mol. The third kappa shape index (κ3) is 2.78. The fourth-order valence-corrected chi connectivity index (χ4v) is 3.13. The van der Waals surface area contributed by atoms with Crippen LogP contribution in [0.25, 0.3) is 0 Å². The van der Waals surface area contributed by atoms with Gasteiger partial charge in [-0.15, -0.1) is 0 Å². The van der Waals surface area contributed by atoms with Gasteiger partial charge in [-0.2, -0.15) is 0 Å². The van der Waals surface area contributed by atoms with Crippen molar-refractivity contribution in [1.82, 2.24) is 0 Å². The summed E-state index contributed by atoms with van der Waals surface area (Å²) < 4.78 is 12.0. The van der Waals surface area contributed by atoms with Crippen LogP contribution in [-0.4, -0.2) is 18.3 Å². The van der Waals surface area contributed by atoms with E-state index in [-0.39, 0.29) is 0 Å². The van der Waals surface area contributed by atoms with E-state index < -0.39 is 6.10 Å². The van der Waals surface area contributed by atoms with Crippen LogP contribution in [0.15, 0.2) is 34.8 Å². The van der Waals surface area contributed by atoms with E-state index in [1.165, 1.54) is 5.56 Å². The lowest BCUT2D eigenvalue weighted by atomic mass is 9.96. The lowest BCUT2D eigenvalue weighted by molar-refractivity contribution is 0.169. The molecule has 2 aromatic carbocycles. The summed E-state index contributed by atoms with van der Waals surface area (Å²) in [7, 11) is 0. The van der Waals surface area contributed by atoms with Crippen LogP contribution < -0.4 is 9.47 Å². The van der Waals surface area contributed by atoms with Crippen molar-refractivity contribution in [2.45, 2.75) is 20.0 Å². The summed E-state index contributed by atoms with van der Waals surface area (Å²) in [6, 6.07) is 9.76. The molecule has 0 saturated carbocycles. The van der Waals surface area contributed by atoms with Gasteiger partial charge in [-0.05, 0) is 37.1 Å². The lowest BCUT2D eigenvalue weighted by Crippen LogP contribution is -2.16. The van der Waals surface area contributed by atoms with Gasteiger partial charge in [-0.3, -0.25) is 0 Å². The first-order valence-corrected chi connectivity index (χ1v) is 7.70. The highest BCUT2D eigenvalue weighted by molar-refractivity contribution is 9.10. The lowest BCUT2D eigenvalue weighted by Gasteiger charge is -2.22. The van der Waals surface area contributed by atoms with Gasteiger partial charge in [0.05, 0.1) is 0 Å². The van der Waals surface area contributed by atoms with Gasteiger partial charge >= 0.3 is 0 Å². The number of hydrogen-bond donors (Lipinski definition) is 1. The highest BCUT2D eigenvalue weighted by atomic mass is 79.9. The van der Waals surface area contributed by atoms with E-state index in [2.05, 4.69) is 22.0 Å². The summed E-state index contributed by atoms with van der Waals surface area (Å²) in [5, 5.41) is 10.7. The predicted molar refractivity (Wildman–Crippen MR) is 85.1 cm³/mol. The second-order valence-corrected chi connectivity index (χ2v) is 6.13. The molecule has 0 aliphatic carbocycles. The van der Waals surface area contributed by atoms with Crippen molar-refractivity contribution in [2.24, 2.45) is 0 Å². The minimum Gasteiger partial charge on any atom is -0.486 e. The van der Waals surface area contributed by atoms with E-state index in [1.807, 2.05) is 38.1 Å². The Morgan fingerprint density at radius 2 is 1.67 bits per heavy atom. The molecule has 0 fully saturated rings. The summed E-state index contributed by atoms with van der Waals surface area (Å²) in [4.78, 5) is 0. The van der Waals surface area contributed by atoms with Gasteiger partial charge in [0.25, 0.3) is 0 Å². The summed E-state index contributed by atoms with van der Waals surface area (Å²) >= 11 is 3.52. The number of aryl methyl sites for hydroxylation is 2. The van der Waals surface area contributed by atoms with Crippen LogP contribution in [0.5, 0.6) is 11.5 Å². The van der Waals surface area contributed by atoms with Gasteiger partial charge in [-0.1, -0.05) is 39.7 Å². The van der Waals surface area contributed by atoms with Gasteiger partial charge in [0.15, 0.2) is 11.5 Å². The summed E-state index contributed by atoms with van der Waals surface area (Å²) in [5.41, 5.74) is 3.94. The number of aliphatic hydroxyl groups is 1. The highest BCUT2D eigenvalue weighted by Crippen LogP contribution is 2.39. The fourth-order valence-electron chi connectivity index (χ4n) is 2.59. The minimum atomic E-state index is -0.698. The van der Waals surface area contributed by atoms with E-state index in [0.29, 0.717) is 24.7 Å². The van der Waals surface area contributed by atoms with E-state index in [0.717, 1.165) is 21.2 Å². The molecule has 0 bridgehead atoms. The Labute approximate surface area is 132 Å². The SMILES string of the molecule is Cc1ccc(C(O)c2cc3c(cc2Br)OCCO3)c(C)c1. The van der Waals surface area contributed by atoms with Gasteiger partial charge in [-0.25, -0.2) is 0 Å². The van der Waals surface area contributed by atoms with E-state index in [1.54, 1.807) is 0 Å². The quantitative estimate of drug-likeness (QED) is 0.893. The molecule has 4 heteroatoms. The average Bonchev–Trinajstić information content (AvgIpc) is 2.46. The molecule has 1 atom stereocenters. The van der Waals surface area contributed by atoms with Gasteiger partial charge in [0.1, 0.15) is 19.3 Å². The van der Waals surface area contributed by atoms with Crippen molar-refractivity contribution < 1.29 is 14.6 Å². The average molecular weight is 349 g/mol. The first kappa shape index (κ1) is 14.4. The predicted octanol–water partition coefficient (Wildman–Crippen LogP) is 3.92. The number of rotatable bonds is 2. The number of aliphatic hydroxyl groups excluding tert-OH is 1. The molecule has 1 unspecified atom stereocenters. The Balaban J connectivity index is 2.03. The van der Waals surface area contributed by atoms with Gasteiger partial charge in [0.2, 0.25) is 0 Å². The molecule has 0 spiro atoms. The second kappa shape index (κ2) is 5.70. The van der Waals surface area contributed by atoms with Crippen molar-refractivity contribution in [3.8, 4) is 11.5 Å². The molecule has 1 aliphatic heterocycles. The maximum atomic E-state index is 10.7. The molecule has 1 aliphatic rings. The maximum Gasteiger partial charge on any atom is 0.162 e. The van der Waals surface area contributed by atoms with Crippen molar-refractivity contribution in [3.05, 3.63) is 57.1 Å². The number of benzene rings is 2. The Kier molecular flexibility index (Phi) is 3.91. The highest BCUT2D eigenvalue weighted by Gasteiger charge is 2.21. The van der Waals surface area contributed by atoms with Gasteiger partial charge < -0.3 is 14.6 Å². The third-order valence-corrected chi connectivity index (χ3v) is 4.36.